The van der Waals surface area contributed by atoms with Crippen molar-refractivity contribution in [3.63, 3.8) is 0 Å². The molecule has 2 rings (SSSR count). The highest BCUT2D eigenvalue weighted by Gasteiger charge is 2.22. The van der Waals surface area contributed by atoms with Crippen molar-refractivity contribution in [2.45, 2.75) is 30.9 Å². The number of alkyl halides is 1. The van der Waals surface area contributed by atoms with Gasteiger partial charge in [0.1, 0.15) is 6.67 Å². The Morgan fingerprint density at radius 1 is 1.35 bits per heavy atom. The minimum absolute atomic E-state index is 0.409. The SMILES string of the molecule is CO[C@H](c1ccc(C2CCS(=O)CC2)cc1)[C@H](N)CF. The van der Waals surface area contributed by atoms with Gasteiger partial charge in [-0.25, -0.2) is 4.39 Å². The van der Waals surface area contributed by atoms with Crippen LogP contribution in [0, 0.1) is 0 Å². The molecule has 1 aliphatic heterocycles. The zero-order valence-corrected chi connectivity index (χ0v) is 12.6. The van der Waals surface area contributed by atoms with E-state index in [1.54, 1.807) is 7.11 Å². The first kappa shape index (κ1) is 15.6. The molecule has 0 aliphatic carbocycles. The quantitative estimate of drug-likeness (QED) is 0.907. The van der Waals surface area contributed by atoms with E-state index >= 15 is 0 Å². The van der Waals surface area contributed by atoms with Gasteiger partial charge in [0.25, 0.3) is 0 Å². The first-order valence-corrected chi connectivity index (χ1v) is 8.43. The normalized spacial score (nSPS) is 26.1. The molecule has 0 unspecified atom stereocenters. The lowest BCUT2D eigenvalue weighted by molar-refractivity contribution is 0.0720. The average molecular weight is 299 g/mol. The Hall–Kier alpha value is -0.780. The molecule has 3 nitrogen and oxygen atoms in total. The van der Waals surface area contributed by atoms with Gasteiger partial charge in [-0.3, -0.25) is 4.21 Å². The van der Waals surface area contributed by atoms with Crippen molar-refractivity contribution in [1.29, 1.82) is 0 Å². The Morgan fingerprint density at radius 2 is 1.95 bits per heavy atom. The Balaban J connectivity index is 2.07. The molecule has 1 fully saturated rings. The van der Waals surface area contributed by atoms with Crippen LogP contribution in [0.3, 0.4) is 0 Å². The molecule has 0 saturated carbocycles. The zero-order valence-electron chi connectivity index (χ0n) is 11.8. The van der Waals surface area contributed by atoms with Crippen molar-refractivity contribution < 1.29 is 13.3 Å². The van der Waals surface area contributed by atoms with Gasteiger partial charge in [-0.05, 0) is 29.9 Å². The van der Waals surface area contributed by atoms with Gasteiger partial charge in [0.15, 0.2) is 0 Å². The van der Waals surface area contributed by atoms with Crippen LogP contribution in [-0.4, -0.2) is 35.5 Å². The fourth-order valence-corrected chi connectivity index (χ4v) is 4.02. The number of halogens is 1. The number of methoxy groups -OCH3 is 1. The molecule has 0 aromatic heterocycles. The number of rotatable bonds is 5. The van der Waals surface area contributed by atoms with Crippen molar-refractivity contribution >= 4 is 10.8 Å². The van der Waals surface area contributed by atoms with E-state index in [-0.39, 0.29) is 0 Å². The molecule has 1 aromatic rings. The number of hydrogen-bond donors (Lipinski definition) is 1. The Labute approximate surface area is 122 Å². The largest absolute Gasteiger partial charge is 0.375 e. The molecule has 0 bridgehead atoms. The minimum Gasteiger partial charge on any atom is -0.375 e. The van der Waals surface area contributed by atoms with Crippen molar-refractivity contribution in [2.75, 3.05) is 25.3 Å². The molecule has 1 aliphatic rings. The van der Waals surface area contributed by atoms with E-state index in [0.717, 1.165) is 29.9 Å². The van der Waals surface area contributed by atoms with E-state index in [4.69, 9.17) is 10.5 Å². The van der Waals surface area contributed by atoms with Gasteiger partial charge in [0.2, 0.25) is 0 Å². The van der Waals surface area contributed by atoms with Crippen LogP contribution in [0.1, 0.15) is 36.0 Å². The maximum Gasteiger partial charge on any atom is 0.107 e. The number of nitrogens with two attached hydrogens (primary N) is 1. The zero-order chi connectivity index (χ0) is 14.5. The molecule has 0 spiro atoms. The van der Waals surface area contributed by atoms with E-state index in [1.807, 2.05) is 12.1 Å². The molecule has 2 atom stereocenters. The summed E-state index contributed by atoms with van der Waals surface area (Å²) in [5.74, 6) is 2.07. The lowest BCUT2D eigenvalue weighted by Crippen LogP contribution is -2.31. The summed E-state index contributed by atoms with van der Waals surface area (Å²) in [5.41, 5.74) is 7.88. The van der Waals surface area contributed by atoms with Gasteiger partial charge in [0.05, 0.1) is 12.1 Å². The van der Waals surface area contributed by atoms with Crippen LogP contribution in [0.2, 0.25) is 0 Å². The van der Waals surface area contributed by atoms with Crippen LogP contribution in [0.15, 0.2) is 24.3 Å². The van der Waals surface area contributed by atoms with Crippen LogP contribution in [0.5, 0.6) is 0 Å². The summed E-state index contributed by atoms with van der Waals surface area (Å²) in [5, 5.41) is 0. The molecular weight excluding hydrogens is 277 g/mol. The summed E-state index contributed by atoms with van der Waals surface area (Å²) in [4.78, 5) is 0. The number of ether oxygens (including phenoxy) is 1. The molecule has 20 heavy (non-hydrogen) atoms. The van der Waals surface area contributed by atoms with Crippen LogP contribution < -0.4 is 5.73 Å². The molecule has 2 N–H and O–H groups in total. The molecule has 1 aromatic carbocycles. The highest BCUT2D eigenvalue weighted by molar-refractivity contribution is 7.85. The van der Waals surface area contributed by atoms with E-state index in [0.29, 0.717) is 5.92 Å². The maximum atomic E-state index is 12.7. The van der Waals surface area contributed by atoms with E-state index < -0.39 is 29.6 Å². The molecule has 1 heterocycles. The summed E-state index contributed by atoms with van der Waals surface area (Å²) < 4.78 is 29.3. The summed E-state index contributed by atoms with van der Waals surface area (Å²) >= 11 is 0. The number of hydrogen-bond acceptors (Lipinski definition) is 3. The van der Waals surface area contributed by atoms with Crippen molar-refractivity contribution in [3.05, 3.63) is 35.4 Å². The van der Waals surface area contributed by atoms with Crippen molar-refractivity contribution in [2.24, 2.45) is 5.73 Å². The topological polar surface area (TPSA) is 52.3 Å². The third-order valence-corrected chi connectivity index (χ3v) is 5.33. The molecule has 112 valence electrons. The van der Waals surface area contributed by atoms with E-state index in [1.165, 1.54) is 5.56 Å². The Bertz CT molecular complexity index is 442. The maximum absolute atomic E-state index is 12.7. The van der Waals surface area contributed by atoms with E-state index in [9.17, 15) is 8.60 Å². The standard InChI is InChI=1S/C15H22FNO2S/c1-19-15(14(17)10-16)13-4-2-11(3-5-13)12-6-8-20(18)9-7-12/h2-5,12,14-15H,6-10,17H2,1H3/t12?,14-,15-,20?/m1/s1. The number of benzene rings is 1. The van der Waals surface area contributed by atoms with Gasteiger partial charge in [-0.1, -0.05) is 24.3 Å². The van der Waals surface area contributed by atoms with Gasteiger partial charge in [-0.2, -0.15) is 0 Å². The third-order valence-electron chi connectivity index (χ3n) is 3.95. The summed E-state index contributed by atoms with van der Waals surface area (Å²) in [7, 11) is 0.913. The predicted octanol–water partition coefficient (Wildman–Crippen LogP) is 2.30. The lowest BCUT2D eigenvalue weighted by Gasteiger charge is -2.24. The lowest BCUT2D eigenvalue weighted by atomic mass is 9.91. The minimum atomic E-state index is -0.636. The Kier molecular flexibility index (Phi) is 5.69. The van der Waals surface area contributed by atoms with Gasteiger partial charge in [-0.15, -0.1) is 0 Å². The van der Waals surface area contributed by atoms with Gasteiger partial charge >= 0.3 is 0 Å². The second kappa shape index (κ2) is 7.29. The van der Waals surface area contributed by atoms with Crippen molar-refractivity contribution in [3.8, 4) is 0 Å². The predicted molar refractivity (Wildman–Crippen MR) is 80.0 cm³/mol. The van der Waals surface area contributed by atoms with Crippen LogP contribution in [0.25, 0.3) is 0 Å². The third kappa shape index (κ3) is 3.65. The molecule has 5 heteroatoms. The van der Waals surface area contributed by atoms with E-state index in [2.05, 4.69) is 12.1 Å². The summed E-state index contributed by atoms with van der Waals surface area (Å²) in [6.07, 6.45) is 1.54. The van der Waals surface area contributed by atoms with Gasteiger partial charge < -0.3 is 10.5 Å². The van der Waals surface area contributed by atoms with Crippen LogP contribution in [0.4, 0.5) is 4.39 Å². The first-order chi connectivity index (χ1) is 9.65. The molecule has 0 radical (unpaired) electrons. The van der Waals surface area contributed by atoms with Crippen LogP contribution in [-0.2, 0) is 15.5 Å². The molecule has 1 saturated heterocycles. The second-order valence-electron chi connectivity index (χ2n) is 5.26. The Morgan fingerprint density at radius 3 is 2.45 bits per heavy atom. The fraction of sp³-hybridized carbons (Fsp3) is 0.600. The second-order valence-corrected chi connectivity index (χ2v) is 6.96. The van der Waals surface area contributed by atoms with Crippen LogP contribution >= 0.6 is 0 Å². The monoisotopic (exact) mass is 299 g/mol. The van der Waals surface area contributed by atoms with Crippen molar-refractivity contribution in [1.82, 2.24) is 0 Å². The smallest absolute Gasteiger partial charge is 0.107 e. The summed E-state index contributed by atoms with van der Waals surface area (Å²) in [6, 6.07) is 7.41. The summed E-state index contributed by atoms with van der Waals surface area (Å²) in [6.45, 7) is -0.602. The highest BCUT2D eigenvalue weighted by Crippen LogP contribution is 2.29. The molecular formula is C15H22FNO2S. The molecule has 0 amide bonds. The van der Waals surface area contributed by atoms with Gasteiger partial charge in [0, 0.05) is 29.4 Å². The fourth-order valence-electron chi connectivity index (χ4n) is 2.72. The first-order valence-electron chi connectivity index (χ1n) is 6.95. The average Bonchev–Trinajstić information content (AvgIpc) is 2.49. The highest BCUT2D eigenvalue weighted by atomic mass is 32.2.